The van der Waals surface area contributed by atoms with Gasteiger partial charge in [0.2, 0.25) is 0 Å². The third kappa shape index (κ3) is 3.88. The highest BCUT2D eigenvalue weighted by Crippen LogP contribution is 2.35. The van der Waals surface area contributed by atoms with Crippen LogP contribution in [0.25, 0.3) is 6.08 Å². The van der Waals surface area contributed by atoms with Gasteiger partial charge in [-0.25, -0.2) is 0 Å². The number of allylic oxidation sites excluding steroid dienone is 1. The van der Waals surface area contributed by atoms with E-state index in [-0.39, 0.29) is 5.75 Å². The lowest BCUT2D eigenvalue weighted by Gasteiger charge is -2.42. The van der Waals surface area contributed by atoms with Crippen molar-refractivity contribution in [2.24, 2.45) is 5.92 Å². The van der Waals surface area contributed by atoms with Crippen molar-refractivity contribution in [2.75, 3.05) is 6.61 Å². The summed E-state index contributed by atoms with van der Waals surface area (Å²) in [4.78, 5) is 25.2. The highest BCUT2D eigenvalue weighted by atomic mass is 16.5. The van der Waals surface area contributed by atoms with E-state index in [1.54, 1.807) is 0 Å². The molecular formula is C20H22O10. The number of benzene rings is 1. The Kier molecular flexibility index (Phi) is 6.36. The van der Waals surface area contributed by atoms with Gasteiger partial charge in [0.15, 0.2) is 11.6 Å². The lowest BCUT2D eigenvalue weighted by molar-refractivity contribution is -0.243. The molecule has 3 rings (SSSR count). The Labute approximate surface area is 170 Å². The number of phenols is 1. The van der Waals surface area contributed by atoms with E-state index in [2.05, 4.69) is 0 Å². The number of aromatic hydroxyl groups is 1. The Bertz CT molecular complexity index is 872. The maximum absolute atomic E-state index is 12.8. The van der Waals surface area contributed by atoms with E-state index in [1.165, 1.54) is 30.3 Å². The second-order valence-corrected chi connectivity index (χ2v) is 7.18. The predicted octanol–water partition coefficient (Wildman–Crippen LogP) is -1.81. The van der Waals surface area contributed by atoms with Crippen molar-refractivity contribution in [1.29, 1.82) is 0 Å². The summed E-state index contributed by atoms with van der Waals surface area (Å²) < 4.78 is 5.28. The van der Waals surface area contributed by atoms with Crippen molar-refractivity contribution in [1.82, 2.24) is 0 Å². The molecule has 0 radical (unpaired) electrons. The molecule has 1 aliphatic heterocycles. The molecule has 30 heavy (non-hydrogen) atoms. The Morgan fingerprint density at radius 3 is 2.20 bits per heavy atom. The molecule has 0 amide bonds. The van der Waals surface area contributed by atoms with Crippen LogP contribution in [-0.4, -0.2) is 90.5 Å². The van der Waals surface area contributed by atoms with Gasteiger partial charge in [0.1, 0.15) is 47.6 Å². The zero-order chi connectivity index (χ0) is 22.2. The summed E-state index contributed by atoms with van der Waals surface area (Å²) >= 11 is 0. The van der Waals surface area contributed by atoms with Crippen molar-refractivity contribution >= 4 is 17.6 Å². The topological polar surface area (TPSA) is 185 Å². The number of hydrogen-bond donors (Lipinski definition) is 7. The minimum Gasteiger partial charge on any atom is -0.508 e. The summed E-state index contributed by atoms with van der Waals surface area (Å²) in [5.74, 6) is -4.44. The van der Waals surface area contributed by atoms with Crippen molar-refractivity contribution in [2.45, 2.75) is 36.6 Å². The van der Waals surface area contributed by atoms with Crippen LogP contribution in [-0.2, 0) is 14.3 Å². The first-order valence-electron chi connectivity index (χ1n) is 9.14. The maximum atomic E-state index is 12.8. The van der Waals surface area contributed by atoms with Crippen molar-refractivity contribution < 1.29 is 50.1 Å². The van der Waals surface area contributed by atoms with E-state index in [9.17, 15) is 45.3 Å². The largest absolute Gasteiger partial charge is 0.508 e. The lowest BCUT2D eigenvalue weighted by atomic mass is 9.85. The third-order valence-electron chi connectivity index (χ3n) is 5.27. The first-order valence-corrected chi connectivity index (χ1v) is 9.14. The maximum Gasteiger partial charge on any atom is 0.199 e. The van der Waals surface area contributed by atoms with Crippen LogP contribution in [0.15, 0.2) is 41.7 Å². The highest BCUT2D eigenvalue weighted by Gasteiger charge is 2.56. The molecular weight excluding hydrogens is 400 g/mol. The molecule has 10 nitrogen and oxygen atoms in total. The van der Waals surface area contributed by atoms with E-state index < -0.39 is 72.0 Å². The molecule has 162 valence electrons. The normalized spacial score (nSPS) is 36.5. The van der Waals surface area contributed by atoms with Gasteiger partial charge in [0.25, 0.3) is 0 Å². The van der Waals surface area contributed by atoms with E-state index in [0.717, 1.165) is 6.08 Å². The number of phenolic OH excluding ortho intramolecular Hbond substituents is 1. The van der Waals surface area contributed by atoms with Crippen molar-refractivity contribution in [3.05, 3.63) is 47.2 Å². The number of carbonyl (C=O) groups excluding carboxylic acids is 2. The fourth-order valence-corrected chi connectivity index (χ4v) is 3.59. The average Bonchev–Trinajstić information content (AvgIpc) is 2.95. The molecule has 1 aliphatic carbocycles. The van der Waals surface area contributed by atoms with Gasteiger partial charge in [-0.2, -0.15) is 0 Å². The number of Topliss-reactive ketones (excluding diaryl/α,β-unsaturated/α-hetero) is 2. The Morgan fingerprint density at radius 1 is 0.967 bits per heavy atom. The zero-order valence-corrected chi connectivity index (χ0v) is 15.6. The van der Waals surface area contributed by atoms with Gasteiger partial charge >= 0.3 is 0 Å². The smallest absolute Gasteiger partial charge is 0.199 e. The van der Waals surface area contributed by atoms with Crippen LogP contribution in [0, 0.1) is 5.92 Å². The quantitative estimate of drug-likeness (QED) is 0.166. The van der Waals surface area contributed by atoms with Crippen LogP contribution in [0.3, 0.4) is 0 Å². The minimum absolute atomic E-state index is 0.0290. The van der Waals surface area contributed by atoms with Crippen LogP contribution in [0.1, 0.15) is 5.56 Å². The van der Waals surface area contributed by atoms with Crippen LogP contribution >= 0.6 is 0 Å². The molecule has 1 saturated heterocycles. The Hall–Kier alpha value is -2.60. The molecule has 10 heteroatoms. The monoisotopic (exact) mass is 422 g/mol. The highest BCUT2D eigenvalue weighted by molar-refractivity contribution is 6.29. The van der Waals surface area contributed by atoms with Gasteiger partial charge in [-0.1, -0.05) is 18.2 Å². The van der Waals surface area contributed by atoms with E-state index in [4.69, 9.17) is 4.74 Å². The summed E-state index contributed by atoms with van der Waals surface area (Å²) in [5, 5.41) is 69.0. The molecule has 3 unspecified atom stereocenters. The number of aliphatic hydroxyl groups excluding tert-OH is 6. The fraction of sp³-hybridized carbons (Fsp3) is 0.400. The number of hydrogen-bond acceptors (Lipinski definition) is 10. The van der Waals surface area contributed by atoms with E-state index >= 15 is 0 Å². The van der Waals surface area contributed by atoms with Gasteiger partial charge in [-0.05, 0) is 23.8 Å². The van der Waals surface area contributed by atoms with Crippen LogP contribution in [0.5, 0.6) is 5.75 Å². The molecule has 1 aromatic carbocycles. The standard InChI is InChI=1S/C20H22O10/c21-7-11-14(24)18(28)19(29)20(30-11)13-15(25)12(16(26)17(13)27)10(23)6-3-8-1-4-9(22)5-2-8/h1-6,11,13-14,17-24,27-29H,7H2/b6-3-,12-10+/t11-,13?,14-,17?,18+,19-,20?/m1/s1. The van der Waals surface area contributed by atoms with Crippen molar-refractivity contribution in [3.8, 4) is 5.75 Å². The first kappa shape index (κ1) is 22.1. The van der Waals surface area contributed by atoms with Crippen molar-refractivity contribution in [3.63, 3.8) is 0 Å². The molecule has 7 atom stereocenters. The van der Waals surface area contributed by atoms with Gasteiger partial charge in [-0.15, -0.1) is 0 Å². The van der Waals surface area contributed by atoms with Crippen LogP contribution < -0.4 is 0 Å². The van der Waals surface area contributed by atoms with Crippen LogP contribution in [0.4, 0.5) is 0 Å². The number of ketones is 2. The van der Waals surface area contributed by atoms with E-state index in [1.807, 2.05) is 0 Å². The van der Waals surface area contributed by atoms with Gasteiger partial charge < -0.3 is 40.5 Å². The zero-order valence-electron chi connectivity index (χ0n) is 15.6. The lowest BCUT2D eigenvalue weighted by Crippen LogP contribution is -2.62. The number of ether oxygens (including phenoxy) is 1. The van der Waals surface area contributed by atoms with Gasteiger partial charge in [0, 0.05) is 0 Å². The molecule has 1 saturated carbocycles. The molecule has 1 heterocycles. The number of rotatable bonds is 4. The molecule has 1 aromatic rings. The van der Waals surface area contributed by atoms with Gasteiger partial charge in [0.05, 0.1) is 18.6 Å². The Morgan fingerprint density at radius 2 is 1.60 bits per heavy atom. The fourth-order valence-electron chi connectivity index (χ4n) is 3.59. The second-order valence-electron chi connectivity index (χ2n) is 7.18. The van der Waals surface area contributed by atoms with E-state index in [0.29, 0.717) is 5.56 Å². The number of aliphatic hydroxyl groups is 6. The average molecular weight is 422 g/mol. The molecule has 0 bridgehead atoms. The van der Waals surface area contributed by atoms with Gasteiger partial charge in [-0.3, -0.25) is 9.59 Å². The second kappa shape index (κ2) is 8.64. The summed E-state index contributed by atoms with van der Waals surface area (Å²) in [7, 11) is 0. The van der Waals surface area contributed by atoms with Crippen LogP contribution in [0.2, 0.25) is 0 Å². The SMILES string of the molecule is O=C1/C(=C(O)\C=C/c2ccc(O)cc2)C(=O)C(C2O[C@H](CO)[C@@H](O)[C@H](O)[C@H]2O)C1O. The Balaban J connectivity index is 1.89. The molecule has 2 aliphatic rings. The first-order chi connectivity index (χ1) is 14.2. The minimum atomic E-state index is -1.96. The third-order valence-corrected chi connectivity index (χ3v) is 5.27. The summed E-state index contributed by atoms with van der Waals surface area (Å²) in [5.41, 5.74) is -0.150. The molecule has 0 aromatic heterocycles. The summed E-state index contributed by atoms with van der Waals surface area (Å²) in [6, 6.07) is 5.84. The molecule has 7 N–H and O–H groups in total. The number of carbonyl (C=O) groups is 2. The predicted molar refractivity (Wildman–Crippen MR) is 100 cm³/mol. The summed E-state index contributed by atoms with van der Waals surface area (Å²) in [6.45, 7) is -0.740. The summed E-state index contributed by atoms with van der Waals surface area (Å²) in [6.07, 6.45) is -7.71. The molecule has 2 fully saturated rings. The molecule has 0 spiro atoms.